The molecule has 2 fully saturated rings. The molecular weight excluding hydrogens is 302 g/mol. The minimum Gasteiger partial charge on any atom is -0.363 e. The summed E-state index contributed by atoms with van der Waals surface area (Å²) in [6.07, 6.45) is 1.91. The highest BCUT2D eigenvalue weighted by Crippen LogP contribution is 2.41. The lowest BCUT2D eigenvalue weighted by Gasteiger charge is -2.37. The Morgan fingerprint density at radius 3 is 2.76 bits per heavy atom. The SMILES string of the molecule is O=C(c1cc2ccccc2s1)N1CCC2(CC1)OCCS2. The van der Waals surface area contributed by atoms with Crippen LogP contribution in [0.25, 0.3) is 10.1 Å². The summed E-state index contributed by atoms with van der Waals surface area (Å²) in [5, 5.41) is 1.16. The number of thioether (sulfide) groups is 1. The van der Waals surface area contributed by atoms with Crippen LogP contribution in [0.3, 0.4) is 0 Å². The normalized spacial score (nSPS) is 21.2. The molecule has 1 amide bonds. The Bertz CT molecular complexity index is 633. The molecule has 2 aliphatic heterocycles. The second-order valence-electron chi connectivity index (χ2n) is 5.55. The van der Waals surface area contributed by atoms with Crippen LogP contribution in [0.4, 0.5) is 0 Å². The number of rotatable bonds is 1. The first-order valence-electron chi connectivity index (χ1n) is 7.32. The van der Waals surface area contributed by atoms with Crippen molar-refractivity contribution in [2.24, 2.45) is 0 Å². The van der Waals surface area contributed by atoms with Gasteiger partial charge in [-0.3, -0.25) is 4.79 Å². The number of likely N-dealkylation sites (tertiary alicyclic amines) is 1. The number of hydrogen-bond acceptors (Lipinski definition) is 4. The molecule has 3 heterocycles. The Labute approximate surface area is 132 Å². The van der Waals surface area contributed by atoms with E-state index in [1.807, 2.05) is 34.9 Å². The largest absolute Gasteiger partial charge is 0.363 e. The molecular formula is C16H17NO2S2. The van der Waals surface area contributed by atoms with E-state index in [9.17, 15) is 4.79 Å². The lowest BCUT2D eigenvalue weighted by molar-refractivity contribution is 0.00366. The molecule has 0 atom stereocenters. The molecule has 1 aromatic heterocycles. The van der Waals surface area contributed by atoms with Crippen LogP contribution in [0.1, 0.15) is 22.5 Å². The summed E-state index contributed by atoms with van der Waals surface area (Å²) >= 11 is 3.52. The van der Waals surface area contributed by atoms with E-state index >= 15 is 0 Å². The topological polar surface area (TPSA) is 29.5 Å². The van der Waals surface area contributed by atoms with Crippen LogP contribution < -0.4 is 0 Å². The molecule has 0 saturated carbocycles. The Morgan fingerprint density at radius 1 is 1.24 bits per heavy atom. The summed E-state index contributed by atoms with van der Waals surface area (Å²) in [5.41, 5.74) is 0. The number of hydrogen-bond donors (Lipinski definition) is 0. The van der Waals surface area contributed by atoms with Crippen molar-refractivity contribution >= 4 is 39.1 Å². The van der Waals surface area contributed by atoms with Crippen LogP contribution in [0.15, 0.2) is 30.3 Å². The maximum absolute atomic E-state index is 12.7. The van der Waals surface area contributed by atoms with E-state index in [0.29, 0.717) is 0 Å². The standard InChI is InChI=1S/C16H17NO2S2/c18-15(14-11-12-3-1-2-4-13(12)21-14)17-7-5-16(6-8-17)19-9-10-20-16/h1-4,11H,5-10H2. The van der Waals surface area contributed by atoms with Gasteiger partial charge in [-0.2, -0.15) is 0 Å². The number of piperidine rings is 1. The molecule has 0 unspecified atom stereocenters. The molecule has 0 bridgehead atoms. The second kappa shape index (κ2) is 5.30. The molecule has 4 rings (SSSR count). The Kier molecular flexibility index (Phi) is 3.44. The second-order valence-corrected chi connectivity index (χ2v) is 8.07. The van der Waals surface area contributed by atoms with Crippen molar-refractivity contribution in [2.75, 3.05) is 25.4 Å². The molecule has 2 saturated heterocycles. The van der Waals surface area contributed by atoms with E-state index in [-0.39, 0.29) is 10.8 Å². The van der Waals surface area contributed by atoms with Crippen molar-refractivity contribution in [3.63, 3.8) is 0 Å². The van der Waals surface area contributed by atoms with Crippen molar-refractivity contribution in [2.45, 2.75) is 17.8 Å². The number of fused-ring (bicyclic) bond motifs is 1. The van der Waals surface area contributed by atoms with Gasteiger partial charge >= 0.3 is 0 Å². The summed E-state index contributed by atoms with van der Waals surface area (Å²) in [7, 11) is 0. The summed E-state index contributed by atoms with van der Waals surface area (Å²) in [5.74, 6) is 1.26. The summed E-state index contributed by atoms with van der Waals surface area (Å²) in [6.45, 7) is 2.47. The van der Waals surface area contributed by atoms with Crippen molar-refractivity contribution in [3.05, 3.63) is 35.2 Å². The predicted molar refractivity (Wildman–Crippen MR) is 88.1 cm³/mol. The first kappa shape index (κ1) is 13.6. The molecule has 110 valence electrons. The molecule has 21 heavy (non-hydrogen) atoms. The van der Waals surface area contributed by atoms with E-state index in [0.717, 1.165) is 48.6 Å². The number of nitrogens with zero attached hydrogens (tertiary/aromatic N) is 1. The molecule has 1 spiro atoms. The number of carbonyl (C=O) groups excluding carboxylic acids is 1. The highest BCUT2D eigenvalue weighted by Gasteiger charge is 2.40. The number of thiophene rings is 1. The van der Waals surface area contributed by atoms with Gasteiger partial charge in [0.05, 0.1) is 11.5 Å². The first-order valence-corrected chi connectivity index (χ1v) is 9.12. The highest BCUT2D eigenvalue weighted by molar-refractivity contribution is 8.00. The summed E-state index contributed by atoms with van der Waals surface area (Å²) in [4.78, 5) is 15.5. The minimum absolute atomic E-state index is 0.00303. The van der Waals surface area contributed by atoms with Crippen LogP contribution in [-0.4, -0.2) is 41.2 Å². The first-order chi connectivity index (χ1) is 10.3. The van der Waals surface area contributed by atoms with Crippen molar-refractivity contribution < 1.29 is 9.53 Å². The van der Waals surface area contributed by atoms with E-state index in [1.165, 1.54) is 4.70 Å². The van der Waals surface area contributed by atoms with E-state index < -0.39 is 0 Å². The Balaban J connectivity index is 1.50. The van der Waals surface area contributed by atoms with Gasteiger partial charge in [-0.05, 0) is 17.5 Å². The molecule has 2 aliphatic rings. The van der Waals surface area contributed by atoms with Crippen molar-refractivity contribution in [1.82, 2.24) is 4.90 Å². The molecule has 0 radical (unpaired) electrons. The summed E-state index contributed by atoms with van der Waals surface area (Å²) in [6, 6.07) is 10.2. The lowest BCUT2D eigenvalue weighted by Crippen LogP contribution is -2.44. The van der Waals surface area contributed by atoms with Gasteiger partial charge in [0.2, 0.25) is 0 Å². The van der Waals surface area contributed by atoms with Gasteiger partial charge in [0.1, 0.15) is 4.93 Å². The number of amides is 1. The minimum atomic E-state index is -0.00303. The quantitative estimate of drug-likeness (QED) is 0.804. The fourth-order valence-electron chi connectivity index (χ4n) is 3.08. The molecule has 2 aromatic rings. The van der Waals surface area contributed by atoms with E-state index in [2.05, 4.69) is 12.1 Å². The average Bonchev–Trinajstić information content (AvgIpc) is 3.14. The lowest BCUT2D eigenvalue weighted by atomic mass is 10.1. The third-order valence-corrected chi connectivity index (χ3v) is 6.79. The van der Waals surface area contributed by atoms with Crippen LogP contribution in [0.5, 0.6) is 0 Å². The van der Waals surface area contributed by atoms with Crippen LogP contribution in [0.2, 0.25) is 0 Å². The monoisotopic (exact) mass is 319 g/mol. The smallest absolute Gasteiger partial charge is 0.263 e. The fraction of sp³-hybridized carbons (Fsp3) is 0.438. The molecule has 0 aliphatic carbocycles. The zero-order chi connectivity index (χ0) is 14.3. The van der Waals surface area contributed by atoms with Crippen LogP contribution in [-0.2, 0) is 4.74 Å². The summed E-state index contributed by atoms with van der Waals surface area (Å²) < 4.78 is 7.08. The van der Waals surface area contributed by atoms with Crippen LogP contribution >= 0.6 is 23.1 Å². The molecule has 3 nitrogen and oxygen atoms in total. The average molecular weight is 319 g/mol. The van der Waals surface area contributed by atoms with Gasteiger partial charge in [0, 0.05) is 36.4 Å². The number of ether oxygens (including phenoxy) is 1. The van der Waals surface area contributed by atoms with Crippen molar-refractivity contribution in [3.8, 4) is 0 Å². The van der Waals surface area contributed by atoms with Gasteiger partial charge in [0.25, 0.3) is 5.91 Å². The Hall–Kier alpha value is -1.04. The van der Waals surface area contributed by atoms with E-state index in [4.69, 9.17) is 4.74 Å². The maximum atomic E-state index is 12.7. The van der Waals surface area contributed by atoms with Gasteiger partial charge in [0.15, 0.2) is 0 Å². The van der Waals surface area contributed by atoms with Crippen molar-refractivity contribution in [1.29, 1.82) is 0 Å². The van der Waals surface area contributed by atoms with Crippen LogP contribution in [0, 0.1) is 0 Å². The Morgan fingerprint density at radius 2 is 2.05 bits per heavy atom. The van der Waals surface area contributed by atoms with E-state index in [1.54, 1.807) is 11.3 Å². The third-order valence-electron chi connectivity index (χ3n) is 4.26. The zero-order valence-electron chi connectivity index (χ0n) is 11.7. The maximum Gasteiger partial charge on any atom is 0.263 e. The van der Waals surface area contributed by atoms with Gasteiger partial charge in [-0.15, -0.1) is 23.1 Å². The van der Waals surface area contributed by atoms with Gasteiger partial charge in [-0.1, -0.05) is 18.2 Å². The highest BCUT2D eigenvalue weighted by atomic mass is 32.2. The number of carbonyl (C=O) groups is 1. The predicted octanol–water partition coefficient (Wildman–Crippen LogP) is 3.60. The molecule has 5 heteroatoms. The van der Waals surface area contributed by atoms with Gasteiger partial charge in [-0.25, -0.2) is 0 Å². The molecule has 1 aromatic carbocycles. The fourth-order valence-corrected chi connectivity index (χ4v) is 5.29. The number of benzene rings is 1. The zero-order valence-corrected chi connectivity index (χ0v) is 13.3. The van der Waals surface area contributed by atoms with Gasteiger partial charge < -0.3 is 9.64 Å². The molecule has 0 N–H and O–H groups in total. The third kappa shape index (κ3) is 2.47.